The molecule has 0 atom stereocenters. The monoisotopic (exact) mass is 315 g/mol. The first-order valence-electron chi connectivity index (χ1n) is 5.99. The number of hydrogen-bond donors (Lipinski definition) is 2. The average molecular weight is 316 g/mol. The average Bonchev–Trinajstić information content (AvgIpc) is 2.92. The molecule has 4 nitrogen and oxygen atoms in total. The molecular formula is C13H12Cl2FN3O. The van der Waals surface area contributed by atoms with Gasteiger partial charge in [0, 0.05) is 25.4 Å². The molecule has 0 spiro atoms. The second-order valence-corrected chi connectivity index (χ2v) is 4.96. The molecule has 1 aromatic heterocycles. The third-order valence-corrected chi connectivity index (χ3v) is 3.29. The third kappa shape index (κ3) is 3.71. The summed E-state index contributed by atoms with van der Waals surface area (Å²) >= 11 is 11.4. The quantitative estimate of drug-likeness (QED) is 0.657. The molecule has 0 bridgehead atoms. The van der Waals surface area contributed by atoms with E-state index in [1.807, 2.05) is 0 Å². The Balaban J connectivity index is 1.87. The maximum absolute atomic E-state index is 13.3. The van der Waals surface area contributed by atoms with E-state index >= 15 is 0 Å². The van der Waals surface area contributed by atoms with Crippen LogP contribution in [0.25, 0.3) is 0 Å². The Morgan fingerprint density at radius 3 is 2.85 bits per heavy atom. The van der Waals surface area contributed by atoms with Crippen LogP contribution in [-0.4, -0.2) is 22.4 Å². The number of aromatic nitrogens is 2. The molecule has 0 saturated heterocycles. The minimum atomic E-state index is -0.670. The van der Waals surface area contributed by atoms with Gasteiger partial charge in [0.15, 0.2) is 0 Å². The molecule has 0 fully saturated rings. The summed E-state index contributed by atoms with van der Waals surface area (Å²) in [5, 5.41) is 2.69. The van der Waals surface area contributed by atoms with Gasteiger partial charge < -0.3 is 10.3 Å². The van der Waals surface area contributed by atoms with Gasteiger partial charge in [-0.1, -0.05) is 23.2 Å². The van der Waals surface area contributed by atoms with Crippen molar-refractivity contribution < 1.29 is 9.18 Å². The summed E-state index contributed by atoms with van der Waals surface area (Å²) in [6, 6.07) is 2.25. The Morgan fingerprint density at radius 1 is 1.35 bits per heavy atom. The lowest BCUT2D eigenvalue weighted by Gasteiger charge is -2.07. The zero-order valence-corrected chi connectivity index (χ0v) is 11.9. The van der Waals surface area contributed by atoms with Gasteiger partial charge in [-0.15, -0.1) is 0 Å². The molecule has 0 saturated carbocycles. The first-order valence-corrected chi connectivity index (χ1v) is 6.74. The van der Waals surface area contributed by atoms with Gasteiger partial charge in [-0.05, 0) is 18.6 Å². The van der Waals surface area contributed by atoms with Gasteiger partial charge >= 0.3 is 0 Å². The number of amides is 1. The van der Waals surface area contributed by atoms with Gasteiger partial charge in [-0.2, -0.15) is 0 Å². The maximum Gasteiger partial charge on any atom is 0.252 e. The molecule has 2 N–H and O–H groups in total. The van der Waals surface area contributed by atoms with Crippen LogP contribution in [0.15, 0.2) is 24.5 Å². The number of benzene rings is 1. The number of aromatic amines is 1. The van der Waals surface area contributed by atoms with E-state index in [-0.39, 0.29) is 15.6 Å². The second kappa shape index (κ2) is 6.72. The number of halogens is 3. The molecule has 7 heteroatoms. The molecule has 0 aliphatic carbocycles. The molecule has 1 amide bonds. The number of nitrogens with zero attached hydrogens (tertiary/aromatic N) is 1. The summed E-state index contributed by atoms with van der Waals surface area (Å²) in [5.74, 6) is -0.239. The maximum atomic E-state index is 13.3. The van der Waals surface area contributed by atoms with Gasteiger partial charge in [0.2, 0.25) is 0 Å². The first kappa shape index (κ1) is 14.8. The number of carbonyl (C=O) groups excluding carboxylic acids is 1. The van der Waals surface area contributed by atoms with Crippen LogP contribution in [0.3, 0.4) is 0 Å². The molecule has 20 heavy (non-hydrogen) atoms. The van der Waals surface area contributed by atoms with Crippen molar-refractivity contribution in [2.24, 2.45) is 0 Å². The van der Waals surface area contributed by atoms with Gasteiger partial charge in [0.25, 0.3) is 5.91 Å². The third-order valence-electron chi connectivity index (χ3n) is 2.69. The predicted octanol–water partition coefficient (Wildman–Crippen LogP) is 3.22. The summed E-state index contributed by atoms with van der Waals surface area (Å²) in [5.41, 5.74) is 0.0755. The van der Waals surface area contributed by atoms with Crippen LogP contribution in [0, 0.1) is 5.82 Å². The molecule has 0 aliphatic heterocycles. The van der Waals surface area contributed by atoms with Crippen molar-refractivity contribution in [3.8, 4) is 0 Å². The molecule has 0 radical (unpaired) electrons. The van der Waals surface area contributed by atoms with Crippen molar-refractivity contribution in [2.45, 2.75) is 12.8 Å². The minimum Gasteiger partial charge on any atom is -0.352 e. The van der Waals surface area contributed by atoms with Crippen LogP contribution >= 0.6 is 23.2 Å². The fourth-order valence-electron chi connectivity index (χ4n) is 1.68. The van der Waals surface area contributed by atoms with Crippen molar-refractivity contribution in [1.82, 2.24) is 15.3 Å². The van der Waals surface area contributed by atoms with Crippen molar-refractivity contribution in [1.29, 1.82) is 0 Å². The van der Waals surface area contributed by atoms with E-state index in [1.54, 1.807) is 12.4 Å². The number of H-pyrrole nitrogens is 1. The van der Waals surface area contributed by atoms with Crippen molar-refractivity contribution in [3.05, 3.63) is 51.8 Å². The van der Waals surface area contributed by atoms with Crippen LogP contribution in [0.4, 0.5) is 4.39 Å². The zero-order chi connectivity index (χ0) is 14.5. The topological polar surface area (TPSA) is 57.8 Å². The van der Waals surface area contributed by atoms with E-state index in [0.29, 0.717) is 13.0 Å². The van der Waals surface area contributed by atoms with Gasteiger partial charge in [0.05, 0.1) is 15.6 Å². The fraction of sp³-hybridized carbons (Fsp3) is 0.231. The Morgan fingerprint density at radius 2 is 2.15 bits per heavy atom. The first-order chi connectivity index (χ1) is 9.58. The van der Waals surface area contributed by atoms with E-state index in [1.165, 1.54) is 6.07 Å². The van der Waals surface area contributed by atoms with Crippen molar-refractivity contribution in [3.63, 3.8) is 0 Å². The number of aryl methyl sites for hydroxylation is 1. The lowest BCUT2D eigenvalue weighted by atomic mass is 10.2. The number of hydrogen-bond acceptors (Lipinski definition) is 2. The largest absolute Gasteiger partial charge is 0.352 e. The molecule has 1 aromatic carbocycles. The van der Waals surface area contributed by atoms with E-state index in [4.69, 9.17) is 23.2 Å². The van der Waals surface area contributed by atoms with Crippen LogP contribution in [0.5, 0.6) is 0 Å². The van der Waals surface area contributed by atoms with Gasteiger partial charge in [-0.3, -0.25) is 4.79 Å². The summed E-state index contributed by atoms with van der Waals surface area (Å²) in [4.78, 5) is 18.9. The van der Waals surface area contributed by atoms with Gasteiger partial charge in [-0.25, -0.2) is 9.37 Å². The highest BCUT2D eigenvalue weighted by Gasteiger charge is 2.13. The molecule has 2 aromatic rings. The fourth-order valence-corrected chi connectivity index (χ4v) is 2.15. The summed E-state index contributed by atoms with van der Waals surface area (Å²) in [6.07, 6.45) is 4.84. The van der Waals surface area contributed by atoms with E-state index in [2.05, 4.69) is 15.3 Å². The lowest BCUT2D eigenvalue weighted by Crippen LogP contribution is -2.25. The molecule has 0 unspecified atom stereocenters. The van der Waals surface area contributed by atoms with Crippen molar-refractivity contribution in [2.75, 3.05) is 6.54 Å². The number of nitrogens with one attached hydrogen (secondary N) is 2. The highest BCUT2D eigenvalue weighted by molar-refractivity contribution is 6.36. The smallest absolute Gasteiger partial charge is 0.252 e. The Kier molecular flexibility index (Phi) is 4.98. The highest BCUT2D eigenvalue weighted by atomic mass is 35.5. The van der Waals surface area contributed by atoms with E-state index in [9.17, 15) is 9.18 Å². The predicted molar refractivity (Wildman–Crippen MR) is 75.7 cm³/mol. The lowest BCUT2D eigenvalue weighted by molar-refractivity contribution is 0.0953. The molecule has 1 heterocycles. The second-order valence-electron chi connectivity index (χ2n) is 4.14. The SMILES string of the molecule is O=C(NCCCc1ncc[nH]1)c1cc(F)c(Cl)cc1Cl. The Bertz CT molecular complexity index is 602. The molecule has 0 aliphatic rings. The van der Waals surface area contributed by atoms with Crippen LogP contribution in [0.1, 0.15) is 22.6 Å². The molecular weight excluding hydrogens is 304 g/mol. The van der Waals surface area contributed by atoms with Crippen LogP contribution < -0.4 is 5.32 Å². The zero-order valence-electron chi connectivity index (χ0n) is 10.4. The van der Waals surface area contributed by atoms with E-state index in [0.717, 1.165) is 18.3 Å². The Hall–Kier alpha value is -1.59. The minimum absolute atomic E-state index is 0.0755. The molecule has 2 rings (SSSR count). The number of carbonyl (C=O) groups is 1. The van der Waals surface area contributed by atoms with Crippen LogP contribution in [-0.2, 0) is 6.42 Å². The highest BCUT2D eigenvalue weighted by Crippen LogP contribution is 2.24. The van der Waals surface area contributed by atoms with Crippen LogP contribution in [0.2, 0.25) is 10.0 Å². The summed E-state index contributed by atoms with van der Waals surface area (Å²) < 4.78 is 13.3. The Labute approximate surface area is 125 Å². The molecule has 106 valence electrons. The summed E-state index contributed by atoms with van der Waals surface area (Å²) in [7, 11) is 0. The standard InChI is InChI=1S/C13H12Cl2FN3O/c14-9-7-10(15)11(16)6-8(9)13(20)19-3-1-2-12-17-4-5-18-12/h4-7H,1-3H2,(H,17,18)(H,19,20). The van der Waals surface area contributed by atoms with E-state index < -0.39 is 11.7 Å². The summed E-state index contributed by atoms with van der Waals surface area (Å²) in [6.45, 7) is 0.445. The number of rotatable bonds is 5. The van der Waals surface area contributed by atoms with Crippen molar-refractivity contribution >= 4 is 29.1 Å². The number of imidazole rings is 1. The normalized spacial score (nSPS) is 10.6. The van der Waals surface area contributed by atoms with Gasteiger partial charge in [0.1, 0.15) is 11.6 Å².